The Balaban J connectivity index is 1.90. The third-order valence-corrected chi connectivity index (χ3v) is 4.27. The van der Waals surface area contributed by atoms with Crippen LogP contribution in [0.15, 0.2) is 30.3 Å². The molecule has 2 aromatic rings. The summed E-state index contributed by atoms with van der Waals surface area (Å²) in [7, 11) is 0. The van der Waals surface area contributed by atoms with Gasteiger partial charge in [-0.3, -0.25) is 9.78 Å². The Morgan fingerprint density at radius 1 is 1.00 bits per heavy atom. The maximum atomic E-state index is 12.2. The van der Waals surface area contributed by atoms with Gasteiger partial charge < -0.3 is 0 Å². The van der Waals surface area contributed by atoms with E-state index in [-0.39, 0.29) is 11.2 Å². The molecule has 1 aromatic heterocycles. The Morgan fingerprint density at radius 3 is 2.39 bits per heavy atom. The first-order chi connectivity index (χ1) is 10.8. The zero-order chi connectivity index (χ0) is 16.6. The van der Waals surface area contributed by atoms with Crippen molar-refractivity contribution in [2.75, 3.05) is 0 Å². The van der Waals surface area contributed by atoms with Crippen molar-refractivity contribution in [3.63, 3.8) is 0 Å². The van der Waals surface area contributed by atoms with Crippen LogP contribution in [-0.2, 0) is 6.42 Å². The quantitative estimate of drug-likeness (QED) is 0.779. The molecule has 1 heterocycles. The molecule has 0 radical (unpaired) electrons. The third-order valence-electron chi connectivity index (χ3n) is 4.27. The van der Waals surface area contributed by atoms with Gasteiger partial charge in [0.1, 0.15) is 0 Å². The molecule has 0 bridgehead atoms. The number of rotatable bonds is 2. The number of hydrogen-bond donors (Lipinski definition) is 0. The number of pyridine rings is 1. The average Bonchev–Trinajstić information content (AvgIpc) is 2.42. The molecule has 0 aliphatic heterocycles. The van der Waals surface area contributed by atoms with Gasteiger partial charge in [0, 0.05) is 12.0 Å². The summed E-state index contributed by atoms with van der Waals surface area (Å²) < 4.78 is 0. The molecule has 0 spiro atoms. The summed E-state index contributed by atoms with van der Waals surface area (Å²) in [6.07, 6.45) is 5.59. The van der Waals surface area contributed by atoms with Crippen LogP contribution in [0.5, 0.6) is 0 Å². The number of nitrogens with zero attached hydrogens (tertiary/aromatic N) is 1. The summed E-state index contributed by atoms with van der Waals surface area (Å²) in [6.45, 7) is 8.48. The number of carbonyl (C=O) groups is 1. The van der Waals surface area contributed by atoms with Gasteiger partial charge >= 0.3 is 0 Å². The zero-order valence-corrected chi connectivity index (χ0v) is 14.3. The van der Waals surface area contributed by atoms with Crippen molar-refractivity contribution in [3.8, 4) is 0 Å². The largest absolute Gasteiger partial charge is 0.294 e. The van der Waals surface area contributed by atoms with Crippen molar-refractivity contribution in [3.05, 3.63) is 64.0 Å². The molecule has 1 aliphatic rings. The Morgan fingerprint density at radius 2 is 1.70 bits per heavy atom. The fourth-order valence-corrected chi connectivity index (χ4v) is 3.33. The van der Waals surface area contributed by atoms with Gasteiger partial charge in [-0.25, -0.2) is 0 Å². The first-order valence-corrected chi connectivity index (χ1v) is 8.12. The van der Waals surface area contributed by atoms with E-state index in [0.29, 0.717) is 6.42 Å². The number of aromatic nitrogens is 1. The minimum Gasteiger partial charge on any atom is -0.294 e. The van der Waals surface area contributed by atoms with Crippen LogP contribution in [0.2, 0.25) is 0 Å². The summed E-state index contributed by atoms with van der Waals surface area (Å²) in [6, 6.07) is 10.4. The predicted octanol–water partition coefficient (Wildman–Crippen LogP) is 5.02. The van der Waals surface area contributed by atoms with Crippen LogP contribution in [0.25, 0.3) is 12.2 Å². The molecule has 2 heteroatoms. The first-order valence-electron chi connectivity index (χ1n) is 8.12. The van der Waals surface area contributed by atoms with Gasteiger partial charge in [0.2, 0.25) is 0 Å². The molecule has 0 atom stereocenters. The topological polar surface area (TPSA) is 30.0 Å². The highest BCUT2D eigenvalue weighted by Gasteiger charge is 2.31. The maximum absolute atomic E-state index is 12.2. The van der Waals surface area contributed by atoms with Crippen LogP contribution < -0.4 is 0 Å². The van der Waals surface area contributed by atoms with Crippen molar-refractivity contribution < 1.29 is 4.79 Å². The molecule has 0 amide bonds. The van der Waals surface area contributed by atoms with E-state index < -0.39 is 0 Å². The molecule has 0 saturated heterocycles. The van der Waals surface area contributed by atoms with Crippen LogP contribution in [-0.4, -0.2) is 10.8 Å². The molecular weight excluding hydrogens is 282 g/mol. The smallest absolute Gasteiger partial charge is 0.165 e. The van der Waals surface area contributed by atoms with Crippen molar-refractivity contribution in [2.45, 2.75) is 40.5 Å². The van der Waals surface area contributed by atoms with Crippen LogP contribution in [0, 0.1) is 19.3 Å². The Labute approximate surface area is 138 Å². The molecule has 1 aromatic carbocycles. The monoisotopic (exact) mass is 305 g/mol. The van der Waals surface area contributed by atoms with E-state index in [2.05, 4.69) is 52.0 Å². The van der Waals surface area contributed by atoms with E-state index in [9.17, 15) is 4.79 Å². The number of ketones is 1. The normalized spacial score (nSPS) is 16.6. The molecule has 0 saturated carbocycles. The highest BCUT2D eigenvalue weighted by molar-refractivity contribution is 5.98. The van der Waals surface area contributed by atoms with Gasteiger partial charge in [-0.1, -0.05) is 49.2 Å². The Bertz CT molecular complexity index is 779. The van der Waals surface area contributed by atoms with Gasteiger partial charge in [-0.15, -0.1) is 0 Å². The predicted molar refractivity (Wildman–Crippen MR) is 95.5 cm³/mol. The van der Waals surface area contributed by atoms with Crippen LogP contribution in [0.3, 0.4) is 0 Å². The standard InChI is InChI=1S/C21H23NO/c1-14-9-15(2)11-16(10-14)5-6-17-7-8-18-19(22-17)12-21(3,4)13-20(18)23/h5-11H,12-13H2,1-4H3. The van der Waals surface area contributed by atoms with E-state index in [4.69, 9.17) is 4.98 Å². The fraction of sp³-hybridized carbons (Fsp3) is 0.333. The second kappa shape index (κ2) is 5.77. The summed E-state index contributed by atoms with van der Waals surface area (Å²) >= 11 is 0. The number of benzene rings is 1. The van der Waals surface area contributed by atoms with Crippen LogP contribution in [0.4, 0.5) is 0 Å². The molecule has 118 valence electrons. The fourth-order valence-electron chi connectivity index (χ4n) is 3.33. The van der Waals surface area contributed by atoms with Gasteiger partial charge in [0.15, 0.2) is 5.78 Å². The number of aryl methyl sites for hydroxylation is 2. The van der Waals surface area contributed by atoms with Crippen LogP contribution in [0.1, 0.15) is 58.7 Å². The number of fused-ring (bicyclic) bond motifs is 1. The second-order valence-corrected chi connectivity index (χ2v) is 7.43. The van der Waals surface area contributed by atoms with Crippen molar-refractivity contribution >= 4 is 17.9 Å². The van der Waals surface area contributed by atoms with Gasteiger partial charge in [-0.2, -0.15) is 0 Å². The minimum absolute atomic E-state index is 0.00702. The minimum atomic E-state index is 0.00702. The highest BCUT2D eigenvalue weighted by Crippen LogP contribution is 2.33. The Hall–Kier alpha value is -2.22. The molecule has 0 fully saturated rings. The molecule has 3 rings (SSSR count). The summed E-state index contributed by atoms with van der Waals surface area (Å²) in [5.41, 5.74) is 6.35. The second-order valence-electron chi connectivity index (χ2n) is 7.43. The average molecular weight is 305 g/mol. The number of hydrogen-bond acceptors (Lipinski definition) is 2. The molecule has 23 heavy (non-hydrogen) atoms. The maximum Gasteiger partial charge on any atom is 0.165 e. The number of carbonyl (C=O) groups excluding carboxylic acids is 1. The summed E-state index contributed by atoms with van der Waals surface area (Å²) in [5, 5.41) is 0. The van der Waals surface area contributed by atoms with Crippen molar-refractivity contribution in [1.29, 1.82) is 0 Å². The van der Waals surface area contributed by atoms with E-state index in [1.165, 1.54) is 16.7 Å². The van der Waals surface area contributed by atoms with Crippen molar-refractivity contribution in [2.24, 2.45) is 5.41 Å². The van der Waals surface area contributed by atoms with Gasteiger partial charge in [0.25, 0.3) is 0 Å². The molecule has 0 N–H and O–H groups in total. The van der Waals surface area contributed by atoms with Gasteiger partial charge in [-0.05, 0) is 49.5 Å². The lowest BCUT2D eigenvalue weighted by atomic mass is 9.75. The first kappa shape index (κ1) is 15.7. The van der Waals surface area contributed by atoms with Crippen molar-refractivity contribution in [1.82, 2.24) is 4.98 Å². The van der Waals surface area contributed by atoms with Crippen LogP contribution >= 0.6 is 0 Å². The van der Waals surface area contributed by atoms with E-state index >= 15 is 0 Å². The number of Topliss-reactive ketones (excluding diaryl/α,β-unsaturated/α-hetero) is 1. The molecule has 0 unspecified atom stereocenters. The third kappa shape index (κ3) is 3.58. The van der Waals surface area contributed by atoms with Gasteiger partial charge in [0.05, 0.1) is 11.4 Å². The van der Waals surface area contributed by atoms with E-state index in [0.717, 1.165) is 23.4 Å². The molecule has 2 nitrogen and oxygen atoms in total. The van der Waals surface area contributed by atoms with E-state index in [1.807, 2.05) is 18.2 Å². The lowest BCUT2D eigenvalue weighted by Crippen LogP contribution is -2.27. The SMILES string of the molecule is Cc1cc(C)cc(C=Cc2ccc3c(n2)CC(C)(C)CC3=O)c1. The summed E-state index contributed by atoms with van der Waals surface area (Å²) in [4.78, 5) is 16.9. The zero-order valence-electron chi connectivity index (χ0n) is 14.3. The Kier molecular flexibility index (Phi) is 3.93. The summed E-state index contributed by atoms with van der Waals surface area (Å²) in [5.74, 6) is 0.216. The lowest BCUT2D eigenvalue weighted by Gasteiger charge is -2.29. The molecule has 1 aliphatic carbocycles. The lowest BCUT2D eigenvalue weighted by molar-refractivity contribution is 0.0910. The highest BCUT2D eigenvalue weighted by atomic mass is 16.1. The van der Waals surface area contributed by atoms with E-state index in [1.54, 1.807) is 0 Å². The molecular formula is C21H23NO.